The van der Waals surface area contributed by atoms with E-state index in [-0.39, 0.29) is 29.8 Å². The molecule has 26 heavy (non-hydrogen) atoms. The number of carbonyl (C=O) groups excluding carboxylic acids is 2. The molecule has 0 bridgehead atoms. The van der Waals surface area contributed by atoms with E-state index in [0.29, 0.717) is 12.0 Å². The quantitative estimate of drug-likeness (QED) is 0.452. The maximum absolute atomic E-state index is 12.1. The van der Waals surface area contributed by atoms with Crippen LogP contribution in [0.1, 0.15) is 46.1 Å². The van der Waals surface area contributed by atoms with Crippen LogP contribution in [0, 0.1) is 5.92 Å². The molecule has 0 saturated carbocycles. The van der Waals surface area contributed by atoms with E-state index in [1.54, 1.807) is 19.9 Å². The number of hydrogen-bond donors (Lipinski definition) is 3. The minimum absolute atomic E-state index is 0.140. The topological polar surface area (TPSA) is 119 Å². The van der Waals surface area contributed by atoms with Crippen molar-refractivity contribution in [2.75, 3.05) is 0 Å². The first-order valence-corrected chi connectivity index (χ1v) is 8.80. The van der Waals surface area contributed by atoms with Crippen LogP contribution < -0.4 is 5.73 Å². The second kappa shape index (κ2) is 10.0. The fourth-order valence-corrected chi connectivity index (χ4v) is 2.18. The van der Waals surface area contributed by atoms with Crippen molar-refractivity contribution in [1.82, 2.24) is 0 Å². The molecule has 4 atom stereocenters. The van der Waals surface area contributed by atoms with Gasteiger partial charge in [-0.15, -0.1) is 0 Å². The third-order valence-electron chi connectivity index (χ3n) is 4.29. The molecule has 1 aromatic carbocycles. The van der Waals surface area contributed by atoms with Crippen molar-refractivity contribution in [1.29, 1.82) is 0 Å². The molecule has 0 aliphatic carbocycles. The summed E-state index contributed by atoms with van der Waals surface area (Å²) in [4.78, 5) is 23.9. The Hall–Kier alpha value is -2.28. The Labute approximate surface area is 154 Å². The van der Waals surface area contributed by atoms with E-state index < -0.39 is 24.2 Å². The lowest BCUT2D eigenvalue weighted by Gasteiger charge is -2.23. The van der Waals surface area contributed by atoms with Gasteiger partial charge in [0.05, 0.1) is 0 Å². The first-order valence-electron chi connectivity index (χ1n) is 8.80. The zero-order chi connectivity index (χ0) is 19.9. The average Bonchev–Trinajstić information content (AvgIpc) is 2.57. The van der Waals surface area contributed by atoms with E-state index in [0.717, 1.165) is 6.42 Å². The lowest BCUT2D eigenvalue weighted by Crippen LogP contribution is -2.39. The molecule has 0 amide bonds. The van der Waals surface area contributed by atoms with E-state index >= 15 is 0 Å². The molecule has 0 aliphatic rings. The SMILES string of the molecule is CCC(C)CC(=O)O[C@@H](C)[C@@H](C)OC(=O)[C@@H](N)Cc1ccc(O)c(O)c1. The van der Waals surface area contributed by atoms with Crippen LogP contribution in [-0.4, -0.2) is 40.4 Å². The monoisotopic (exact) mass is 367 g/mol. The Bertz CT molecular complexity index is 618. The highest BCUT2D eigenvalue weighted by atomic mass is 16.6. The Kier molecular flexibility index (Phi) is 8.38. The number of nitrogens with two attached hydrogens (primary N) is 1. The highest BCUT2D eigenvalue weighted by Crippen LogP contribution is 2.25. The van der Waals surface area contributed by atoms with E-state index in [1.165, 1.54) is 12.1 Å². The molecule has 0 aliphatic heterocycles. The van der Waals surface area contributed by atoms with Crippen molar-refractivity contribution in [2.24, 2.45) is 11.7 Å². The van der Waals surface area contributed by atoms with Crippen LogP contribution in [0.3, 0.4) is 0 Å². The molecular formula is C19H29NO6. The van der Waals surface area contributed by atoms with Crippen molar-refractivity contribution in [3.63, 3.8) is 0 Å². The first kappa shape index (κ1) is 21.8. The predicted octanol–water partition coefficient (Wildman–Crippen LogP) is 2.27. The Morgan fingerprint density at radius 2 is 1.69 bits per heavy atom. The molecule has 146 valence electrons. The van der Waals surface area contributed by atoms with Gasteiger partial charge in [-0.3, -0.25) is 9.59 Å². The van der Waals surface area contributed by atoms with E-state index in [2.05, 4.69) is 0 Å². The molecule has 1 unspecified atom stereocenters. The number of ether oxygens (including phenoxy) is 2. The maximum Gasteiger partial charge on any atom is 0.323 e. The molecule has 0 saturated heterocycles. The second-order valence-electron chi connectivity index (χ2n) is 6.69. The van der Waals surface area contributed by atoms with Crippen LogP contribution in [0.25, 0.3) is 0 Å². The van der Waals surface area contributed by atoms with E-state index in [1.807, 2.05) is 13.8 Å². The molecule has 0 fully saturated rings. The van der Waals surface area contributed by atoms with Crippen LogP contribution in [0.2, 0.25) is 0 Å². The second-order valence-corrected chi connectivity index (χ2v) is 6.69. The summed E-state index contributed by atoms with van der Waals surface area (Å²) in [5.41, 5.74) is 6.43. The number of aromatic hydroxyl groups is 2. The van der Waals surface area contributed by atoms with Gasteiger partial charge in [0, 0.05) is 6.42 Å². The van der Waals surface area contributed by atoms with E-state index in [9.17, 15) is 19.8 Å². The summed E-state index contributed by atoms with van der Waals surface area (Å²) >= 11 is 0. The fourth-order valence-electron chi connectivity index (χ4n) is 2.18. The Morgan fingerprint density at radius 3 is 2.27 bits per heavy atom. The zero-order valence-electron chi connectivity index (χ0n) is 15.8. The van der Waals surface area contributed by atoms with Gasteiger partial charge in [-0.05, 0) is 43.9 Å². The number of rotatable bonds is 9. The zero-order valence-corrected chi connectivity index (χ0v) is 15.8. The summed E-state index contributed by atoms with van der Waals surface area (Å²) in [6, 6.07) is 3.28. The normalized spacial score (nSPS) is 15.6. The number of hydrogen-bond acceptors (Lipinski definition) is 7. The predicted molar refractivity (Wildman–Crippen MR) is 96.6 cm³/mol. The smallest absolute Gasteiger partial charge is 0.323 e. The van der Waals surface area contributed by atoms with Gasteiger partial charge in [0.2, 0.25) is 0 Å². The van der Waals surface area contributed by atoms with Gasteiger partial charge in [0.15, 0.2) is 11.5 Å². The third kappa shape index (κ3) is 6.92. The lowest BCUT2D eigenvalue weighted by atomic mass is 10.1. The van der Waals surface area contributed by atoms with Crippen molar-refractivity contribution in [3.8, 4) is 11.5 Å². The molecule has 0 radical (unpaired) electrons. The molecule has 0 heterocycles. The summed E-state index contributed by atoms with van der Waals surface area (Å²) in [6.07, 6.45) is 0.130. The lowest BCUT2D eigenvalue weighted by molar-refractivity contribution is -0.166. The molecule has 0 aromatic heterocycles. The third-order valence-corrected chi connectivity index (χ3v) is 4.29. The number of esters is 2. The highest BCUT2D eigenvalue weighted by molar-refractivity contribution is 5.76. The molecular weight excluding hydrogens is 338 g/mol. The number of phenolic OH excluding ortho intramolecular Hbond substituents is 2. The fraction of sp³-hybridized carbons (Fsp3) is 0.579. The molecule has 7 heteroatoms. The summed E-state index contributed by atoms with van der Waals surface area (Å²) in [7, 11) is 0. The Balaban J connectivity index is 2.51. The molecule has 1 aromatic rings. The van der Waals surface area contributed by atoms with Crippen LogP contribution in [0.4, 0.5) is 0 Å². The molecule has 1 rings (SSSR count). The standard InChI is InChI=1S/C19H29NO6/c1-5-11(2)8-18(23)25-12(3)13(4)26-19(24)15(20)9-14-6-7-16(21)17(22)10-14/h6-7,10-13,15,21-22H,5,8-9,20H2,1-4H3/t11?,12-,13+,15-/m0/s1. The van der Waals surface area contributed by atoms with Crippen molar-refractivity contribution >= 4 is 11.9 Å². The van der Waals surface area contributed by atoms with Gasteiger partial charge < -0.3 is 25.4 Å². The van der Waals surface area contributed by atoms with Crippen LogP contribution in [-0.2, 0) is 25.5 Å². The van der Waals surface area contributed by atoms with Gasteiger partial charge in [-0.1, -0.05) is 26.3 Å². The minimum Gasteiger partial charge on any atom is -0.504 e. The van der Waals surface area contributed by atoms with Gasteiger partial charge in [0.25, 0.3) is 0 Å². The van der Waals surface area contributed by atoms with Gasteiger partial charge in [0.1, 0.15) is 18.2 Å². The maximum atomic E-state index is 12.1. The first-order chi connectivity index (χ1) is 12.1. The van der Waals surface area contributed by atoms with Gasteiger partial charge in [-0.2, -0.15) is 0 Å². The van der Waals surface area contributed by atoms with Crippen LogP contribution in [0.5, 0.6) is 11.5 Å². The Morgan fingerprint density at radius 1 is 1.08 bits per heavy atom. The summed E-state index contributed by atoms with van der Waals surface area (Å²) in [5.74, 6) is -1.24. The number of phenols is 2. The van der Waals surface area contributed by atoms with Crippen LogP contribution >= 0.6 is 0 Å². The molecule has 0 spiro atoms. The van der Waals surface area contributed by atoms with Crippen molar-refractivity contribution < 1.29 is 29.3 Å². The van der Waals surface area contributed by atoms with Gasteiger partial charge in [-0.25, -0.2) is 0 Å². The average molecular weight is 367 g/mol. The summed E-state index contributed by atoms with van der Waals surface area (Å²) < 4.78 is 10.6. The van der Waals surface area contributed by atoms with Crippen molar-refractivity contribution in [2.45, 2.75) is 65.2 Å². The van der Waals surface area contributed by atoms with E-state index in [4.69, 9.17) is 15.2 Å². The summed E-state index contributed by atoms with van der Waals surface area (Å²) in [5, 5.41) is 18.8. The summed E-state index contributed by atoms with van der Waals surface area (Å²) in [6.45, 7) is 7.27. The van der Waals surface area contributed by atoms with Gasteiger partial charge >= 0.3 is 11.9 Å². The highest BCUT2D eigenvalue weighted by Gasteiger charge is 2.24. The number of carbonyl (C=O) groups is 2. The molecule has 4 N–H and O–H groups in total. The number of benzene rings is 1. The van der Waals surface area contributed by atoms with Crippen molar-refractivity contribution in [3.05, 3.63) is 23.8 Å². The van der Waals surface area contributed by atoms with Crippen LogP contribution in [0.15, 0.2) is 18.2 Å². The minimum atomic E-state index is -0.940. The molecule has 7 nitrogen and oxygen atoms in total. The largest absolute Gasteiger partial charge is 0.504 e.